The van der Waals surface area contributed by atoms with Crippen molar-refractivity contribution in [2.45, 2.75) is 64.5 Å². The predicted molar refractivity (Wildman–Crippen MR) is 62.8 cm³/mol. The molecule has 0 radical (unpaired) electrons. The van der Waals surface area contributed by atoms with E-state index in [1.54, 1.807) is 0 Å². The van der Waals surface area contributed by atoms with E-state index in [1.165, 1.54) is 32.1 Å². The van der Waals surface area contributed by atoms with Gasteiger partial charge in [-0.2, -0.15) is 0 Å². The maximum atomic E-state index is 11.6. The highest BCUT2D eigenvalue weighted by atomic mass is 16.1. The summed E-state index contributed by atoms with van der Waals surface area (Å²) in [5.74, 6) is 0.204. The van der Waals surface area contributed by atoms with Crippen molar-refractivity contribution in [3.8, 4) is 0 Å². The molecule has 15 heavy (non-hydrogen) atoms. The van der Waals surface area contributed by atoms with Crippen molar-refractivity contribution in [3.63, 3.8) is 0 Å². The van der Waals surface area contributed by atoms with Gasteiger partial charge >= 0.3 is 0 Å². The Balaban J connectivity index is 2.16. The van der Waals surface area contributed by atoms with Crippen LogP contribution in [0.2, 0.25) is 0 Å². The number of nitrogens with one attached hydrogen (secondary N) is 2. The second kappa shape index (κ2) is 6.83. The van der Waals surface area contributed by atoms with Crippen LogP contribution in [-0.4, -0.2) is 24.5 Å². The van der Waals surface area contributed by atoms with Gasteiger partial charge in [0.05, 0.1) is 0 Å². The Morgan fingerprint density at radius 2 is 2.00 bits per heavy atom. The lowest BCUT2D eigenvalue weighted by Crippen LogP contribution is -2.39. The summed E-state index contributed by atoms with van der Waals surface area (Å²) < 4.78 is 0. The molecule has 1 atom stereocenters. The van der Waals surface area contributed by atoms with Gasteiger partial charge in [-0.05, 0) is 26.3 Å². The second-order valence-electron chi connectivity index (χ2n) is 4.57. The Hall–Kier alpha value is -0.570. The molecule has 1 fully saturated rings. The van der Waals surface area contributed by atoms with Crippen LogP contribution in [0.5, 0.6) is 0 Å². The minimum Gasteiger partial charge on any atom is -0.353 e. The average Bonchev–Trinajstić information content (AvgIpc) is 2.19. The number of amides is 1. The largest absolute Gasteiger partial charge is 0.353 e. The maximum absolute atomic E-state index is 11.6. The third-order valence-corrected chi connectivity index (χ3v) is 3.01. The molecule has 3 nitrogen and oxygen atoms in total. The van der Waals surface area contributed by atoms with Crippen molar-refractivity contribution in [2.24, 2.45) is 0 Å². The van der Waals surface area contributed by atoms with Crippen molar-refractivity contribution in [2.75, 3.05) is 6.54 Å². The van der Waals surface area contributed by atoms with E-state index in [2.05, 4.69) is 24.5 Å². The highest BCUT2D eigenvalue weighted by Gasteiger charge is 2.16. The fourth-order valence-corrected chi connectivity index (χ4v) is 2.23. The summed E-state index contributed by atoms with van der Waals surface area (Å²) in [5, 5.41) is 6.38. The zero-order chi connectivity index (χ0) is 11.1. The number of carbonyl (C=O) groups excluding carboxylic acids is 1. The SMILES string of the molecule is CCNC(C)CC(=O)NC1CCCCC1. The zero-order valence-corrected chi connectivity index (χ0v) is 10.0. The minimum atomic E-state index is 0.204. The molecule has 0 aromatic heterocycles. The first-order valence-corrected chi connectivity index (χ1v) is 6.25. The van der Waals surface area contributed by atoms with Crippen LogP contribution in [0, 0.1) is 0 Å². The summed E-state index contributed by atoms with van der Waals surface area (Å²) in [6, 6.07) is 0.735. The van der Waals surface area contributed by atoms with Crippen molar-refractivity contribution < 1.29 is 4.79 Å². The van der Waals surface area contributed by atoms with Crippen molar-refractivity contribution >= 4 is 5.91 Å². The molecule has 0 spiro atoms. The molecule has 1 aliphatic rings. The van der Waals surface area contributed by atoms with E-state index in [-0.39, 0.29) is 5.91 Å². The molecule has 0 bridgehead atoms. The lowest BCUT2D eigenvalue weighted by molar-refractivity contribution is -0.122. The Bertz CT molecular complexity index is 188. The molecular formula is C12H24N2O. The number of carbonyl (C=O) groups is 1. The van der Waals surface area contributed by atoms with Crippen LogP contribution in [0.25, 0.3) is 0 Å². The van der Waals surface area contributed by atoms with Crippen molar-refractivity contribution in [1.29, 1.82) is 0 Å². The standard InChI is InChI=1S/C12H24N2O/c1-3-13-10(2)9-12(15)14-11-7-5-4-6-8-11/h10-11,13H,3-9H2,1-2H3,(H,14,15). The van der Waals surface area contributed by atoms with Crippen LogP contribution in [0.15, 0.2) is 0 Å². The van der Waals surface area contributed by atoms with Crippen LogP contribution in [0.1, 0.15) is 52.4 Å². The van der Waals surface area contributed by atoms with Crippen LogP contribution in [0.3, 0.4) is 0 Å². The van der Waals surface area contributed by atoms with E-state index in [1.807, 2.05) is 0 Å². The molecule has 0 aromatic rings. The number of hydrogen-bond donors (Lipinski definition) is 2. The molecule has 1 saturated carbocycles. The highest BCUT2D eigenvalue weighted by Crippen LogP contribution is 2.17. The molecule has 2 N–H and O–H groups in total. The van der Waals surface area contributed by atoms with E-state index in [4.69, 9.17) is 0 Å². The molecule has 1 rings (SSSR count). The molecule has 88 valence electrons. The minimum absolute atomic E-state index is 0.204. The molecule has 3 heteroatoms. The third kappa shape index (κ3) is 5.17. The quantitative estimate of drug-likeness (QED) is 0.730. The Morgan fingerprint density at radius 1 is 1.33 bits per heavy atom. The van der Waals surface area contributed by atoms with Gasteiger partial charge in [0.2, 0.25) is 5.91 Å². The fourth-order valence-electron chi connectivity index (χ4n) is 2.23. The van der Waals surface area contributed by atoms with Crippen LogP contribution < -0.4 is 10.6 Å². The van der Waals surface area contributed by atoms with Gasteiger partial charge in [-0.15, -0.1) is 0 Å². The van der Waals surface area contributed by atoms with E-state index < -0.39 is 0 Å². The molecule has 0 aromatic carbocycles. The molecule has 1 unspecified atom stereocenters. The Morgan fingerprint density at radius 3 is 2.60 bits per heavy atom. The molecule has 1 aliphatic carbocycles. The van der Waals surface area contributed by atoms with Gasteiger partial charge in [-0.25, -0.2) is 0 Å². The van der Waals surface area contributed by atoms with Gasteiger partial charge < -0.3 is 10.6 Å². The smallest absolute Gasteiger partial charge is 0.221 e. The average molecular weight is 212 g/mol. The Kier molecular flexibility index (Phi) is 5.69. The van der Waals surface area contributed by atoms with Crippen LogP contribution in [0.4, 0.5) is 0 Å². The molecule has 1 amide bonds. The first kappa shape index (κ1) is 12.5. The van der Waals surface area contributed by atoms with E-state index in [0.717, 1.165) is 6.54 Å². The van der Waals surface area contributed by atoms with Gasteiger partial charge in [0, 0.05) is 18.5 Å². The Labute approximate surface area is 93.0 Å². The lowest BCUT2D eigenvalue weighted by atomic mass is 9.95. The third-order valence-electron chi connectivity index (χ3n) is 3.01. The normalized spacial score (nSPS) is 19.9. The second-order valence-corrected chi connectivity index (χ2v) is 4.57. The van der Waals surface area contributed by atoms with Crippen molar-refractivity contribution in [1.82, 2.24) is 10.6 Å². The molecular weight excluding hydrogens is 188 g/mol. The first-order chi connectivity index (χ1) is 7.22. The summed E-state index contributed by atoms with van der Waals surface area (Å²) >= 11 is 0. The summed E-state index contributed by atoms with van der Waals surface area (Å²) in [6.07, 6.45) is 6.81. The molecule has 0 saturated heterocycles. The van der Waals surface area contributed by atoms with Gasteiger partial charge in [-0.3, -0.25) is 4.79 Å². The maximum Gasteiger partial charge on any atom is 0.221 e. The van der Waals surface area contributed by atoms with E-state index >= 15 is 0 Å². The summed E-state index contributed by atoms with van der Waals surface area (Å²) in [6.45, 7) is 5.05. The van der Waals surface area contributed by atoms with Gasteiger partial charge in [0.25, 0.3) is 0 Å². The summed E-state index contributed by atoms with van der Waals surface area (Å²) in [7, 11) is 0. The lowest BCUT2D eigenvalue weighted by Gasteiger charge is -2.23. The fraction of sp³-hybridized carbons (Fsp3) is 0.917. The molecule has 0 heterocycles. The van der Waals surface area contributed by atoms with Crippen molar-refractivity contribution in [3.05, 3.63) is 0 Å². The first-order valence-electron chi connectivity index (χ1n) is 6.25. The van der Waals surface area contributed by atoms with Crippen LogP contribution in [-0.2, 0) is 4.79 Å². The number of hydrogen-bond acceptors (Lipinski definition) is 2. The highest BCUT2D eigenvalue weighted by molar-refractivity contribution is 5.76. The molecule has 0 aliphatic heterocycles. The number of rotatable bonds is 5. The summed E-state index contributed by atoms with van der Waals surface area (Å²) in [4.78, 5) is 11.6. The van der Waals surface area contributed by atoms with Gasteiger partial charge in [0.15, 0.2) is 0 Å². The monoisotopic (exact) mass is 212 g/mol. The summed E-state index contributed by atoms with van der Waals surface area (Å²) in [5.41, 5.74) is 0. The topological polar surface area (TPSA) is 41.1 Å². The van der Waals surface area contributed by atoms with E-state index in [9.17, 15) is 4.79 Å². The van der Waals surface area contributed by atoms with Crippen LogP contribution >= 0.6 is 0 Å². The van der Waals surface area contributed by atoms with Gasteiger partial charge in [0.1, 0.15) is 0 Å². The zero-order valence-electron chi connectivity index (χ0n) is 10.0. The predicted octanol–water partition coefficient (Wildman–Crippen LogP) is 1.82. The van der Waals surface area contributed by atoms with E-state index in [0.29, 0.717) is 18.5 Å². The van der Waals surface area contributed by atoms with Gasteiger partial charge in [-0.1, -0.05) is 26.2 Å².